The molecule has 0 aliphatic carbocycles. The van der Waals surface area contributed by atoms with Gasteiger partial charge in [-0.2, -0.15) is 0 Å². The molecule has 0 aliphatic rings. The maximum atomic E-state index is 6.98. The molecule has 0 radical (unpaired) electrons. The van der Waals surface area contributed by atoms with Gasteiger partial charge in [0.15, 0.2) is 8.32 Å². The Hall–Kier alpha value is -0.603. The van der Waals surface area contributed by atoms with Gasteiger partial charge in [-0.3, -0.25) is 0 Å². The number of hydrogen-bond acceptors (Lipinski definition) is 1. The molecule has 1 aromatic carbocycles. The maximum Gasteiger partial charge on any atom is 0.193 e. The summed E-state index contributed by atoms with van der Waals surface area (Å²) < 4.78 is 6.98. The van der Waals surface area contributed by atoms with E-state index >= 15 is 0 Å². The summed E-state index contributed by atoms with van der Waals surface area (Å²) in [4.78, 5) is 0. The van der Waals surface area contributed by atoms with E-state index in [-0.39, 0.29) is 6.10 Å². The first-order valence-electron chi connectivity index (χ1n) is 10.2. The summed E-state index contributed by atoms with van der Waals surface area (Å²) >= 11 is 0. The zero-order valence-corrected chi connectivity index (χ0v) is 18.1. The molecule has 0 amide bonds. The SMILES string of the molecule is CCCC[Si](CCCC)(CCCC)O[C@@H](C)c1cc(C)cc(C)c1. The van der Waals surface area contributed by atoms with Gasteiger partial charge in [-0.05, 0) is 44.5 Å². The van der Waals surface area contributed by atoms with Gasteiger partial charge < -0.3 is 4.43 Å². The third kappa shape index (κ3) is 7.10. The normalized spacial score (nSPS) is 13.2. The van der Waals surface area contributed by atoms with Crippen LogP contribution in [-0.2, 0) is 4.43 Å². The van der Waals surface area contributed by atoms with Crippen LogP contribution in [0.4, 0.5) is 0 Å². The van der Waals surface area contributed by atoms with Crippen LogP contribution in [0, 0.1) is 13.8 Å². The minimum absolute atomic E-state index is 0.237. The van der Waals surface area contributed by atoms with Crippen molar-refractivity contribution in [1.29, 1.82) is 0 Å². The second-order valence-corrected chi connectivity index (χ2v) is 11.8. The summed E-state index contributed by atoms with van der Waals surface area (Å²) in [5, 5.41) is 0. The second kappa shape index (κ2) is 11.1. The van der Waals surface area contributed by atoms with E-state index in [1.807, 2.05) is 0 Å². The highest BCUT2D eigenvalue weighted by Gasteiger charge is 2.35. The van der Waals surface area contributed by atoms with Crippen molar-refractivity contribution in [1.82, 2.24) is 0 Å². The lowest BCUT2D eigenvalue weighted by Crippen LogP contribution is -2.39. The topological polar surface area (TPSA) is 9.23 Å². The molecule has 0 N–H and O–H groups in total. The highest BCUT2D eigenvalue weighted by molar-refractivity contribution is 6.73. The monoisotopic (exact) mass is 348 g/mol. The molecule has 0 saturated carbocycles. The van der Waals surface area contributed by atoms with Gasteiger partial charge in [-0.1, -0.05) is 88.6 Å². The van der Waals surface area contributed by atoms with Crippen LogP contribution in [0.15, 0.2) is 18.2 Å². The van der Waals surface area contributed by atoms with Crippen molar-refractivity contribution in [3.8, 4) is 0 Å². The number of benzene rings is 1. The molecule has 1 nitrogen and oxygen atoms in total. The average molecular weight is 349 g/mol. The van der Waals surface area contributed by atoms with Crippen molar-refractivity contribution in [3.63, 3.8) is 0 Å². The van der Waals surface area contributed by atoms with Gasteiger partial charge in [0.1, 0.15) is 0 Å². The van der Waals surface area contributed by atoms with Crippen molar-refractivity contribution >= 4 is 8.32 Å². The van der Waals surface area contributed by atoms with Crippen molar-refractivity contribution in [3.05, 3.63) is 34.9 Å². The molecular weight excluding hydrogens is 308 g/mol. The molecule has 138 valence electrons. The van der Waals surface area contributed by atoms with E-state index in [1.165, 1.54) is 73.3 Å². The van der Waals surface area contributed by atoms with Gasteiger partial charge in [0.2, 0.25) is 0 Å². The molecule has 2 heteroatoms. The van der Waals surface area contributed by atoms with Crippen molar-refractivity contribution in [2.45, 2.75) is 104 Å². The van der Waals surface area contributed by atoms with Gasteiger partial charge in [-0.15, -0.1) is 0 Å². The zero-order valence-electron chi connectivity index (χ0n) is 17.1. The molecule has 0 fully saturated rings. The van der Waals surface area contributed by atoms with E-state index in [0.29, 0.717) is 0 Å². The van der Waals surface area contributed by atoms with E-state index in [0.717, 1.165) is 0 Å². The van der Waals surface area contributed by atoms with Crippen LogP contribution in [-0.4, -0.2) is 8.32 Å². The molecule has 1 rings (SSSR count). The minimum Gasteiger partial charge on any atom is -0.410 e. The summed E-state index contributed by atoms with van der Waals surface area (Å²) in [5.74, 6) is 0. The molecule has 0 aliphatic heterocycles. The van der Waals surface area contributed by atoms with Crippen LogP contribution in [0.1, 0.15) is 89.0 Å². The summed E-state index contributed by atoms with van der Waals surface area (Å²) in [7, 11) is -1.64. The molecule has 1 aromatic rings. The molecule has 24 heavy (non-hydrogen) atoms. The molecule has 0 bridgehead atoms. The number of rotatable bonds is 12. The Morgan fingerprint density at radius 3 is 1.58 bits per heavy atom. The van der Waals surface area contributed by atoms with Crippen LogP contribution >= 0.6 is 0 Å². The Kier molecular flexibility index (Phi) is 9.91. The highest BCUT2D eigenvalue weighted by atomic mass is 28.4. The number of hydrogen-bond donors (Lipinski definition) is 0. The Morgan fingerprint density at radius 1 is 0.792 bits per heavy atom. The van der Waals surface area contributed by atoms with E-state index in [9.17, 15) is 0 Å². The predicted octanol–water partition coefficient (Wildman–Crippen LogP) is 7.73. The fourth-order valence-electron chi connectivity index (χ4n) is 3.74. The van der Waals surface area contributed by atoms with Crippen LogP contribution in [0.5, 0.6) is 0 Å². The Labute approximate surface area is 152 Å². The molecule has 0 unspecified atom stereocenters. The average Bonchev–Trinajstić information content (AvgIpc) is 2.55. The predicted molar refractivity (Wildman–Crippen MR) is 110 cm³/mol. The van der Waals surface area contributed by atoms with E-state index in [2.05, 4.69) is 59.7 Å². The van der Waals surface area contributed by atoms with Gasteiger partial charge >= 0.3 is 0 Å². The Morgan fingerprint density at radius 2 is 1.21 bits per heavy atom. The molecule has 0 spiro atoms. The molecular formula is C22H40OSi. The van der Waals surface area contributed by atoms with Crippen LogP contribution < -0.4 is 0 Å². The maximum absolute atomic E-state index is 6.98. The smallest absolute Gasteiger partial charge is 0.193 e. The number of aryl methyl sites for hydroxylation is 2. The molecule has 0 aromatic heterocycles. The Bertz CT molecular complexity index is 427. The van der Waals surface area contributed by atoms with Crippen molar-refractivity contribution in [2.75, 3.05) is 0 Å². The lowest BCUT2D eigenvalue weighted by atomic mass is 10.0. The fourth-order valence-corrected chi connectivity index (χ4v) is 8.72. The van der Waals surface area contributed by atoms with Crippen molar-refractivity contribution < 1.29 is 4.43 Å². The second-order valence-electron chi connectivity index (χ2n) is 7.67. The lowest BCUT2D eigenvalue weighted by molar-refractivity contribution is 0.206. The summed E-state index contributed by atoms with van der Waals surface area (Å²) in [5.41, 5.74) is 4.07. The molecule has 1 atom stereocenters. The van der Waals surface area contributed by atoms with Crippen LogP contribution in [0.2, 0.25) is 18.1 Å². The van der Waals surface area contributed by atoms with E-state index < -0.39 is 8.32 Å². The van der Waals surface area contributed by atoms with Gasteiger partial charge in [0.05, 0.1) is 6.10 Å². The molecule has 0 saturated heterocycles. The lowest BCUT2D eigenvalue weighted by Gasteiger charge is -2.35. The van der Waals surface area contributed by atoms with Gasteiger partial charge in [0, 0.05) is 0 Å². The first-order chi connectivity index (χ1) is 11.5. The quantitative estimate of drug-likeness (QED) is 0.351. The highest BCUT2D eigenvalue weighted by Crippen LogP contribution is 2.34. The first-order valence-corrected chi connectivity index (χ1v) is 12.7. The van der Waals surface area contributed by atoms with E-state index in [1.54, 1.807) is 0 Å². The van der Waals surface area contributed by atoms with Crippen molar-refractivity contribution in [2.24, 2.45) is 0 Å². The number of unbranched alkanes of at least 4 members (excludes halogenated alkanes) is 3. The minimum atomic E-state index is -1.64. The largest absolute Gasteiger partial charge is 0.410 e. The zero-order chi connectivity index (χ0) is 18.0. The fraction of sp³-hybridized carbons (Fsp3) is 0.727. The van der Waals surface area contributed by atoms with Crippen LogP contribution in [0.3, 0.4) is 0 Å². The summed E-state index contributed by atoms with van der Waals surface area (Å²) in [6.07, 6.45) is 8.09. The molecule has 0 heterocycles. The summed E-state index contributed by atoms with van der Waals surface area (Å²) in [6, 6.07) is 10.9. The summed E-state index contributed by atoms with van der Waals surface area (Å²) in [6.45, 7) is 13.6. The standard InChI is InChI=1S/C22H40OSi/c1-7-10-13-24(14-11-8-2,15-12-9-3)23-21(6)22-17-19(4)16-20(5)18-22/h16-18,21H,7-15H2,1-6H3/t21-/m0/s1. The Balaban J connectivity index is 2.97. The third-order valence-corrected chi connectivity index (χ3v) is 9.75. The third-order valence-electron chi connectivity index (χ3n) is 5.10. The van der Waals surface area contributed by atoms with Crippen LogP contribution in [0.25, 0.3) is 0 Å². The van der Waals surface area contributed by atoms with E-state index in [4.69, 9.17) is 4.43 Å². The van der Waals surface area contributed by atoms with Gasteiger partial charge in [-0.25, -0.2) is 0 Å². The first kappa shape index (κ1) is 21.4. The van der Waals surface area contributed by atoms with Gasteiger partial charge in [0.25, 0.3) is 0 Å².